The predicted octanol–water partition coefficient (Wildman–Crippen LogP) is 3.84. The third-order valence-electron chi connectivity index (χ3n) is 7.71. The standard InChI is InChI=1S/C28H27F3N6O5S/c1-16-10-23(28(29,30)31)33-37(16)12-24(38)35-8-6-17(7-9-35)25-32-22(14-43-25)21-11-18(42-34-21)13-41-15-36-26(39)19-4-2-3-5-20(19)27(36)40/h2-5,10,14,17-18H,6-9,11-13,15H2,1H3. The summed E-state index contributed by atoms with van der Waals surface area (Å²) < 4.78 is 45.6. The molecule has 6 rings (SSSR count). The quantitative estimate of drug-likeness (QED) is 0.353. The van der Waals surface area contributed by atoms with Crippen LogP contribution >= 0.6 is 11.3 Å². The molecule has 2 aromatic heterocycles. The maximum Gasteiger partial charge on any atom is 0.435 e. The number of hydrogen-bond acceptors (Lipinski definition) is 9. The number of aromatic nitrogens is 3. The lowest BCUT2D eigenvalue weighted by Gasteiger charge is -2.31. The van der Waals surface area contributed by atoms with Crippen molar-refractivity contribution >= 4 is 34.8 Å². The average molecular weight is 617 g/mol. The van der Waals surface area contributed by atoms with Crippen LogP contribution < -0.4 is 0 Å². The largest absolute Gasteiger partial charge is 0.435 e. The number of hydrogen-bond donors (Lipinski definition) is 0. The zero-order chi connectivity index (χ0) is 30.3. The zero-order valence-electron chi connectivity index (χ0n) is 23.0. The van der Waals surface area contributed by atoms with Gasteiger partial charge in [0.25, 0.3) is 11.8 Å². The number of thiazole rings is 1. The highest BCUT2D eigenvalue weighted by Crippen LogP contribution is 2.32. The first kappa shape index (κ1) is 29.0. The summed E-state index contributed by atoms with van der Waals surface area (Å²) in [5, 5.41) is 10.5. The molecule has 1 saturated heterocycles. The first-order chi connectivity index (χ1) is 20.6. The van der Waals surface area contributed by atoms with Gasteiger partial charge in [0.15, 0.2) is 11.8 Å². The van der Waals surface area contributed by atoms with Crippen LogP contribution in [-0.2, 0) is 27.1 Å². The molecule has 3 aliphatic rings. The molecule has 3 aromatic rings. The summed E-state index contributed by atoms with van der Waals surface area (Å²) in [6, 6.07) is 7.58. The lowest BCUT2D eigenvalue weighted by atomic mass is 9.97. The number of nitrogens with zero attached hydrogens (tertiary/aromatic N) is 6. The second-order valence-corrected chi connectivity index (χ2v) is 11.5. The molecule has 15 heteroatoms. The summed E-state index contributed by atoms with van der Waals surface area (Å²) in [6.45, 7) is 2.16. The van der Waals surface area contributed by atoms with Gasteiger partial charge in [-0.15, -0.1) is 11.3 Å². The van der Waals surface area contributed by atoms with E-state index in [4.69, 9.17) is 14.6 Å². The Labute approximate surface area is 247 Å². The number of oxime groups is 1. The van der Waals surface area contributed by atoms with Crippen LogP contribution in [0.4, 0.5) is 13.2 Å². The maximum atomic E-state index is 12.9. The summed E-state index contributed by atoms with van der Waals surface area (Å²) in [5.41, 5.74) is 1.38. The van der Waals surface area contributed by atoms with Gasteiger partial charge in [0.2, 0.25) is 5.91 Å². The van der Waals surface area contributed by atoms with E-state index in [2.05, 4.69) is 10.3 Å². The van der Waals surface area contributed by atoms with Crippen LogP contribution in [0.3, 0.4) is 0 Å². The Hall–Kier alpha value is -4.11. The summed E-state index contributed by atoms with van der Waals surface area (Å²) >= 11 is 1.51. The third-order valence-corrected chi connectivity index (χ3v) is 8.71. The summed E-state index contributed by atoms with van der Waals surface area (Å²) in [4.78, 5) is 50.7. The number of fused-ring (bicyclic) bond motifs is 1. The van der Waals surface area contributed by atoms with Crippen molar-refractivity contribution in [2.24, 2.45) is 5.16 Å². The molecule has 0 saturated carbocycles. The van der Waals surface area contributed by atoms with E-state index in [0.29, 0.717) is 54.9 Å². The maximum absolute atomic E-state index is 12.9. The van der Waals surface area contributed by atoms with Gasteiger partial charge in [0.05, 0.1) is 28.4 Å². The molecule has 1 unspecified atom stereocenters. The normalized spacial score (nSPS) is 19.2. The van der Waals surface area contributed by atoms with Crippen LogP contribution in [0.5, 0.6) is 0 Å². The minimum Gasteiger partial charge on any atom is -0.389 e. The minimum atomic E-state index is -4.56. The number of likely N-dealkylation sites (tertiary alicyclic amines) is 1. The summed E-state index contributed by atoms with van der Waals surface area (Å²) in [5.74, 6) is -0.898. The van der Waals surface area contributed by atoms with E-state index < -0.39 is 11.9 Å². The number of benzene rings is 1. The van der Waals surface area contributed by atoms with Crippen molar-refractivity contribution in [3.8, 4) is 0 Å². The SMILES string of the molecule is Cc1cc(C(F)(F)F)nn1CC(=O)N1CCC(c2nc(C3=NOC(COCN4C(=O)c5ccccc5C4=O)C3)cs2)CC1. The number of carbonyl (C=O) groups excluding carboxylic acids is 3. The molecular formula is C28H27F3N6O5S. The second kappa shape index (κ2) is 11.5. The lowest BCUT2D eigenvalue weighted by Crippen LogP contribution is -2.40. The Kier molecular flexibility index (Phi) is 7.77. The average Bonchev–Trinajstić information content (AvgIpc) is 3.78. The number of imide groups is 1. The molecule has 0 radical (unpaired) electrons. The molecule has 43 heavy (non-hydrogen) atoms. The van der Waals surface area contributed by atoms with Crippen molar-refractivity contribution in [3.63, 3.8) is 0 Å². The fourth-order valence-electron chi connectivity index (χ4n) is 5.32. The Morgan fingerprint density at radius 3 is 2.49 bits per heavy atom. The smallest absolute Gasteiger partial charge is 0.389 e. The molecule has 1 atom stereocenters. The fourth-order valence-corrected chi connectivity index (χ4v) is 6.32. The number of ether oxygens (including phenoxy) is 1. The molecule has 5 heterocycles. The van der Waals surface area contributed by atoms with Crippen molar-refractivity contribution in [1.29, 1.82) is 0 Å². The molecule has 1 aromatic carbocycles. The van der Waals surface area contributed by atoms with Crippen LogP contribution in [-0.4, -0.2) is 80.5 Å². The number of halogens is 3. The van der Waals surface area contributed by atoms with Crippen LogP contribution in [0.15, 0.2) is 40.9 Å². The lowest BCUT2D eigenvalue weighted by molar-refractivity contribution is -0.142. The number of alkyl halides is 3. The van der Waals surface area contributed by atoms with Gasteiger partial charge < -0.3 is 14.5 Å². The molecule has 0 N–H and O–H groups in total. The molecule has 1 fully saturated rings. The topological polar surface area (TPSA) is 119 Å². The highest BCUT2D eigenvalue weighted by atomic mass is 32.1. The minimum absolute atomic E-state index is 0.138. The molecule has 0 bridgehead atoms. The first-order valence-corrected chi connectivity index (χ1v) is 14.6. The van der Waals surface area contributed by atoms with E-state index >= 15 is 0 Å². The number of piperidine rings is 1. The van der Waals surface area contributed by atoms with Crippen LogP contribution in [0.1, 0.15) is 68.0 Å². The van der Waals surface area contributed by atoms with E-state index in [0.717, 1.165) is 20.7 Å². The van der Waals surface area contributed by atoms with Gasteiger partial charge in [-0.05, 0) is 38.0 Å². The van der Waals surface area contributed by atoms with Gasteiger partial charge >= 0.3 is 6.18 Å². The van der Waals surface area contributed by atoms with E-state index in [1.165, 1.54) is 18.3 Å². The van der Waals surface area contributed by atoms with E-state index in [-0.39, 0.29) is 55.3 Å². The van der Waals surface area contributed by atoms with Crippen LogP contribution in [0.2, 0.25) is 0 Å². The highest BCUT2D eigenvalue weighted by molar-refractivity contribution is 7.10. The van der Waals surface area contributed by atoms with Crippen molar-refractivity contribution in [2.45, 2.75) is 50.9 Å². The highest BCUT2D eigenvalue weighted by Gasteiger charge is 2.36. The van der Waals surface area contributed by atoms with Crippen molar-refractivity contribution < 1.29 is 37.1 Å². The monoisotopic (exact) mass is 616 g/mol. The van der Waals surface area contributed by atoms with Gasteiger partial charge in [-0.1, -0.05) is 17.3 Å². The first-order valence-electron chi connectivity index (χ1n) is 13.7. The van der Waals surface area contributed by atoms with Gasteiger partial charge in [-0.3, -0.25) is 19.1 Å². The molecule has 0 spiro atoms. The van der Waals surface area contributed by atoms with Crippen molar-refractivity contribution in [2.75, 3.05) is 26.4 Å². The number of amides is 3. The fraction of sp³-hybridized carbons (Fsp3) is 0.429. The van der Waals surface area contributed by atoms with E-state index in [9.17, 15) is 27.6 Å². The third kappa shape index (κ3) is 5.91. The Bertz CT molecular complexity index is 1560. The number of aryl methyl sites for hydroxylation is 1. The Morgan fingerprint density at radius 1 is 1.14 bits per heavy atom. The molecule has 0 aliphatic carbocycles. The van der Waals surface area contributed by atoms with Gasteiger partial charge in [0, 0.05) is 36.5 Å². The van der Waals surface area contributed by atoms with Crippen molar-refractivity contribution in [1.82, 2.24) is 24.6 Å². The van der Waals surface area contributed by atoms with E-state index in [1.807, 2.05) is 5.38 Å². The number of carbonyl (C=O) groups is 3. The number of rotatable bonds is 8. The Balaban J connectivity index is 0.954. The van der Waals surface area contributed by atoms with Gasteiger partial charge in [0.1, 0.15) is 19.0 Å². The summed E-state index contributed by atoms with van der Waals surface area (Å²) in [7, 11) is 0. The van der Waals surface area contributed by atoms with Crippen molar-refractivity contribution in [3.05, 3.63) is 68.9 Å². The molecule has 11 nitrogen and oxygen atoms in total. The zero-order valence-corrected chi connectivity index (χ0v) is 23.9. The molecule has 226 valence electrons. The summed E-state index contributed by atoms with van der Waals surface area (Å²) in [6.07, 6.45) is -3.11. The van der Waals surface area contributed by atoms with Gasteiger partial charge in [-0.2, -0.15) is 18.3 Å². The van der Waals surface area contributed by atoms with Crippen LogP contribution in [0, 0.1) is 6.92 Å². The predicted molar refractivity (Wildman–Crippen MR) is 146 cm³/mol. The van der Waals surface area contributed by atoms with Gasteiger partial charge in [-0.25, -0.2) is 9.88 Å². The molecule has 3 amide bonds. The second-order valence-electron chi connectivity index (χ2n) is 10.6. The van der Waals surface area contributed by atoms with Crippen LogP contribution in [0.25, 0.3) is 0 Å². The molecule has 3 aliphatic heterocycles. The molecular weight excluding hydrogens is 589 g/mol. The van der Waals surface area contributed by atoms with E-state index in [1.54, 1.807) is 29.2 Å². The Morgan fingerprint density at radius 2 is 1.84 bits per heavy atom.